The van der Waals surface area contributed by atoms with Gasteiger partial charge in [0.15, 0.2) is 0 Å². The van der Waals surface area contributed by atoms with Crippen LogP contribution in [0.15, 0.2) is 18.5 Å². The van der Waals surface area contributed by atoms with Crippen LogP contribution in [0.1, 0.15) is 13.8 Å². The van der Waals surface area contributed by atoms with Crippen LogP contribution >= 0.6 is 0 Å². The van der Waals surface area contributed by atoms with E-state index in [4.69, 9.17) is 4.74 Å². The molecule has 0 saturated carbocycles. The SMILES string of the molecule is COC(C)(C)C(=O)Nc1cnccc1N(C)C. The number of aromatic nitrogens is 1. The summed E-state index contributed by atoms with van der Waals surface area (Å²) in [5.41, 5.74) is 0.715. The van der Waals surface area contributed by atoms with Crippen molar-refractivity contribution < 1.29 is 9.53 Å². The number of carbonyl (C=O) groups excluding carboxylic acids is 1. The summed E-state index contributed by atoms with van der Waals surface area (Å²) in [6.45, 7) is 3.43. The van der Waals surface area contributed by atoms with Gasteiger partial charge in [-0.25, -0.2) is 0 Å². The summed E-state index contributed by atoms with van der Waals surface area (Å²) in [6.07, 6.45) is 3.31. The predicted octanol–water partition coefficient (Wildman–Crippen LogP) is 1.51. The van der Waals surface area contributed by atoms with Crippen LogP contribution in [0.3, 0.4) is 0 Å². The van der Waals surface area contributed by atoms with Crippen molar-refractivity contribution in [1.29, 1.82) is 0 Å². The first-order chi connectivity index (χ1) is 7.88. The van der Waals surface area contributed by atoms with Crippen molar-refractivity contribution in [3.8, 4) is 0 Å². The molecule has 0 saturated heterocycles. The smallest absolute Gasteiger partial charge is 0.256 e. The van der Waals surface area contributed by atoms with E-state index in [2.05, 4.69) is 10.3 Å². The van der Waals surface area contributed by atoms with Crippen LogP contribution in [-0.4, -0.2) is 37.7 Å². The second kappa shape index (κ2) is 5.14. The Labute approximate surface area is 102 Å². The maximum absolute atomic E-state index is 12.0. The number of nitrogens with zero attached hydrogens (tertiary/aromatic N) is 2. The van der Waals surface area contributed by atoms with E-state index in [0.29, 0.717) is 5.69 Å². The van der Waals surface area contributed by atoms with Gasteiger partial charge in [0.25, 0.3) is 5.91 Å². The Morgan fingerprint density at radius 3 is 2.65 bits per heavy atom. The Balaban J connectivity index is 2.93. The van der Waals surface area contributed by atoms with Crippen molar-refractivity contribution in [2.75, 3.05) is 31.4 Å². The van der Waals surface area contributed by atoms with E-state index in [-0.39, 0.29) is 5.91 Å². The van der Waals surface area contributed by atoms with Crippen LogP contribution in [0, 0.1) is 0 Å². The predicted molar refractivity (Wildman–Crippen MR) is 68.3 cm³/mol. The Morgan fingerprint density at radius 1 is 1.47 bits per heavy atom. The van der Waals surface area contributed by atoms with E-state index in [0.717, 1.165) is 5.69 Å². The van der Waals surface area contributed by atoms with Gasteiger partial charge in [0, 0.05) is 27.4 Å². The zero-order valence-electron chi connectivity index (χ0n) is 10.9. The Hall–Kier alpha value is -1.62. The maximum atomic E-state index is 12.0. The lowest BCUT2D eigenvalue weighted by atomic mass is 10.1. The molecule has 0 aromatic carbocycles. The van der Waals surface area contributed by atoms with E-state index >= 15 is 0 Å². The molecule has 94 valence electrons. The number of amides is 1. The van der Waals surface area contributed by atoms with Crippen LogP contribution in [0.2, 0.25) is 0 Å². The van der Waals surface area contributed by atoms with E-state index in [9.17, 15) is 4.79 Å². The Morgan fingerprint density at radius 2 is 2.12 bits per heavy atom. The number of rotatable bonds is 4. The van der Waals surface area contributed by atoms with Gasteiger partial charge >= 0.3 is 0 Å². The van der Waals surface area contributed by atoms with Gasteiger partial charge in [-0.15, -0.1) is 0 Å². The van der Waals surface area contributed by atoms with E-state index < -0.39 is 5.60 Å². The highest BCUT2D eigenvalue weighted by molar-refractivity contribution is 5.99. The zero-order valence-corrected chi connectivity index (χ0v) is 10.9. The second-order valence-electron chi connectivity index (χ2n) is 4.46. The number of ether oxygens (including phenoxy) is 1. The third-order valence-electron chi connectivity index (χ3n) is 2.59. The quantitative estimate of drug-likeness (QED) is 0.862. The molecule has 1 heterocycles. The minimum atomic E-state index is -0.862. The highest BCUT2D eigenvalue weighted by Crippen LogP contribution is 2.23. The van der Waals surface area contributed by atoms with Crippen molar-refractivity contribution in [3.63, 3.8) is 0 Å². The Bertz CT molecular complexity index is 402. The number of anilines is 2. The van der Waals surface area contributed by atoms with E-state index in [1.165, 1.54) is 7.11 Å². The molecule has 1 aromatic rings. The van der Waals surface area contributed by atoms with Gasteiger partial charge in [0.2, 0.25) is 0 Å². The first-order valence-corrected chi connectivity index (χ1v) is 5.36. The number of hydrogen-bond donors (Lipinski definition) is 1. The van der Waals surface area contributed by atoms with Gasteiger partial charge < -0.3 is 15.0 Å². The molecule has 0 fully saturated rings. The molecular formula is C12H19N3O2. The fourth-order valence-corrected chi connectivity index (χ4v) is 1.24. The second-order valence-corrected chi connectivity index (χ2v) is 4.46. The van der Waals surface area contributed by atoms with Gasteiger partial charge in [-0.1, -0.05) is 0 Å². The molecule has 0 radical (unpaired) electrons. The zero-order chi connectivity index (χ0) is 13.1. The molecule has 5 heteroatoms. The van der Waals surface area contributed by atoms with Crippen molar-refractivity contribution in [2.24, 2.45) is 0 Å². The summed E-state index contributed by atoms with van der Waals surface area (Å²) in [6, 6.07) is 1.84. The molecule has 1 amide bonds. The fraction of sp³-hybridized carbons (Fsp3) is 0.500. The summed E-state index contributed by atoms with van der Waals surface area (Å²) in [7, 11) is 5.33. The molecule has 5 nitrogen and oxygen atoms in total. The monoisotopic (exact) mass is 237 g/mol. The van der Waals surface area contributed by atoms with Crippen molar-refractivity contribution in [1.82, 2.24) is 4.98 Å². The number of methoxy groups -OCH3 is 1. The lowest BCUT2D eigenvalue weighted by Crippen LogP contribution is -2.39. The summed E-state index contributed by atoms with van der Waals surface area (Å²) < 4.78 is 5.13. The topological polar surface area (TPSA) is 54.5 Å². The molecule has 1 rings (SSSR count). The number of hydrogen-bond acceptors (Lipinski definition) is 4. The average Bonchev–Trinajstić information content (AvgIpc) is 2.29. The van der Waals surface area contributed by atoms with E-state index in [1.54, 1.807) is 26.2 Å². The molecular weight excluding hydrogens is 218 g/mol. The normalized spacial score (nSPS) is 11.1. The summed E-state index contributed by atoms with van der Waals surface area (Å²) in [4.78, 5) is 17.9. The molecule has 0 unspecified atom stereocenters. The van der Waals surface area contributed by atoms with Crippen molar-refractivity contribution >= 4 is 17.3 Å². The standard InChI is InChI=1S/C12H19N3O2/c1-12(2,17-5)11(16)14-9-8-13-7-6-10(9)15(3)4/h6-8H,1-5H3,(H,14,16). The van der Waals surface area contributed by atoms with Gasteiger partial charge in [0.1, 0.15) is 5.60 Å². The molecule has 0 atom stereocenters. The summed E-state index contributed by atoms with van der Waals surface area (Å²) in [5.74, 6) is -0.198. The highest BCUT2D eigenvalue weighted by atomic mass is 16.5. The van der Waals surface area contributed by atoms with Crippen LogP contribution < -0.4 is 10.2 Å². The van der Waals surface area contributed by atoms with Crippen molar-refractivity contribution in [3.05, 3.63) is 18.5 Å². The van der Waals surface area contributed by atoms with Crippen LogP contribution in [0.25, 0.3) is 0 Å². The molecule has 0 aliphatic rings. The molecule has 0 bridgehead atoms. The number of nitrogens with one attached hydrogen (secondary N) is 1. The van der Waals surface area contributed by atoms with Gasteiger partial charge in [-0.2, -0.15) is 0 Å². The van der Waals surface area contributed by atoms with E-state index in [1.807, 2.05) is 25.1 Å². The Kier molecular flexibility index (Phi) is 4.07. The first kappa shape index (κ1) is 13.4. The van der Waals surface area contributed by atoms with Crippen molar-refractivity contribution in [2.45, 2.75) is 19.4 Å². The molecule has 1 N–H and O–H groups in total. The van der Waals surface area contributed by atoms with Crippen LogP contribution in [-0.2, 0) is 9.53 Å². The molecule has 1 aromatic heterocycles. The molecule has 17 heavy (non-hydrogen) atoms. The summed E-state index contributed by atoms with van der Waals surface area (Å²) in [5, 5.41) is 2.81. The minimum Gasteiger partial charge on any atom is -0.376 e. The lowest BCUT2D eigenvalue weighted by molar-refractivity contribution is -0.133. The average molecular weight is 237 g/mol. The van der Waals surface area contributed by atoms with Gasteiger partial charge in [0.05, 0.1) is 17.6 Å². The maximum Gasteiger partial charge on any atom is 0.256 e. The minimum absolute atomic E-state index is 0.198. The third kappa shape index (κ3) is 3.17. The number of carbonyl (C=O) groups is 1. The van der Waals surface area contributed by atoms with Gasteiger partial charge in [-0.3, -0.25) is 9.78 Å². The lowest BCUT2D eigenvalue weighted by Gasteiger charge is -2.23. The van der Waals surface area contributed by atoms with Gasteiger partial charge in [-0.05, 0) is 19.9 Å². The molecule has 0 aliphatic carbocycles. The summed E-state index contributed by atoms with van der Waals surface area (Å²) >= 11 is 0. The third-order valence-corrected chi connectivity index (χ3v) is 2.59. The molecule has 0 spiro atoms. The largest absolute Gasteiger partial charge is 0.376 e. The van der Waals surface area contributed by atoms with Crippen LogP contribution in [0.4, 0.5) is 11.4 Å². The fourth-order valence-electron chi connectivity index (χ4n) is 1.24. The molecule has 0 aliphatic heterocycles. The first-order valence-electron chi connectivity index (χ1n) is 5.36. The van der Waals surface area contributed by atoms with Crippen LogP contribution in [0.5, 0.6) is 0 Å². The highest BCUT2D eigenvalue weighted by Gasteiger charge is 2.27. The number of pyridine rings is 1.